The van der Waals surface area contributed by atoms with Gasteiger partial charge < -0.3 is 14.2 Å². The Labute approximate surface area is 215 Å². The second kappa shape index (κ2) is 9.16. The van der Waals surface area contributed by atoms with Crippen LogP contribution in [0.4, 0.5) is 0 Å². The van der Waals surface area contributed by atoms with Crippen LogP contribution >= 0.6 is 43.2 Å². The van der Waals surface area contributed by atoms with Crippen molar-refractivity contribution < 1.29 is 19.0 Å². The number of thiazole rings is 1. The zero-order chi connectivity index (χ0) is 24.0. The van der Waals surface area contributed by atoms with Crippen LogP contribution in [-0.4, -0.2) is 23.9 Å². The van der Waals surface area contributed by atoms with Gasteiger partial charge in [0.05, 0.1) is 28.5 Å². The van der Waals surface area contributed by atoms with E-state index in [0.717, 1.165) is 20.1 Å². The lowest BCUT2D eigenvalue weighted by molar-refractivity contribution is -0.139. The summed E-state index contributed by atoms with van der Waals surface area (Å²) in [5.41, 5.74) is 2.21. The van der Waals surface area contributed by atoms with Crippen LogP contribution in [0.5, 0.6) is 11.5 Å². The van der Waals surface area contributed by atoms with E-state index in [4.69, 9.17) is 14.2 Å². The summed E-state index contributed by atoms with van der Waals surface area (Å²) in [6, 6.07) is 10.5. The van der Waals surface area contributed by atoms with Gasteiger partial charge >= 0.3 is 5.97 Å². The maximum absolute atomic E-state index is 13.7. The first-order chi connectivity index (χ1) is 16.4. The Morgan fingerprint density at radius 3 is 2.65 bits per heavy atom. The highest BCUT2D eigenvalue weighted by atomic mass is 79.9. The van der Waals surface area contributed by atoms with Crippen molar-refractivity contribution in [1.29, 1.82) is 0 Å². The van der Waals surface area contributed by atoms with E-state index in [1.165, 1.54) is 11.3 Å². The third kappa shape index (κ3) is 4.03. The van der Waals surface area contributed by atoms with Crippen LogP contribution in [-0.2, 0) is 9.53 Å². The fourth-order valence-electron chi connectivity index (χ4n) is 3.94. The number of esters is 1. The second-order valence-electron chi connectivity index (χ2n) is 7.58. The van der Waals surface area contributed by atoms with Gasteiger partial charge in [-0.05, 0) is 55.3 Å². The molecule has 0 aliphatic carbocycles. The van der Waals surface area contributed by atoms with E-state index in [1.807, 2.05) is 36.4 Å². The number of fused-ring (bicyclic) bond motifs is 2. The van der Waals surface area contributed by atoms with Crippen molar-refractivity contribution in [2.24, 2.45) is 4.99 Å². The largest absolute Gasteiger partial charge is 0.463 e. The Morgan fingerprint density at radius 1 is 1.24 bits per heavy atom. The maximum Gasteiger partial charge on any atom is 0.338 e. The molecule has 0 saturated carbocycles. The zero-order valence-corrected chi connectivity index (χ0v) is 22.1. The predicted molar refractivity (Wildman–Crippen MR) is 135 cm³/mol. The molecule has 0 unspecified atom stereocenters. The average molecular weight is 606 g/mol. The van der Waals surface area contributed by atoms with Crippen molar-refractivity contribution in [1.82, 2.24) is 4.57 Å². The number of nitrogens with zero attached hydrogens (tertiary/aromatic N) is 2. The van der Waals surface area contributed by atoms with Gasteiger partial charge in [-0.15, -0.1) is 0 Å². The summed E-state index contributed by atoms with van der Waals surface area (Å²) in [6.45, 7) is 3.91. The van der Waals surface area contributed by atoms with E-state index >= 15 is 0 Å². The topological polar surface area (TPSA) is 79.1 Å². The van der Waals surface area contributed by atoms with Crippen molar-refractivity contribution in [3.05, 3.63) is 87.4 Å². The van der Waals surface area contributed by atoms with Crippen molar-refractivity contribution in [3.63, 3.8) is 0 Å². The smallest absolute Gasteiger partial charge is 0.338 e. The Morgan fingerprint density at radius 2 is 1.94 bits per heavy atom. The average Bonchev–Trinajstić information content (AvgIpc) is 3.37. The van der Waals surface area contributed by atoms with Crippen LogP contribution in [0.15, 0.2) is 66.4 Å². The molecule has 7 nitrogen and oxygen atoms in total. The SMILES string of the molecule is CCOC(=O)C1=C(C)N=c2sc(=Cc3cc4c(cc3Br)OCO4)c(=O)n2[C@@H]1c1ccc(Br)cc1. The van der Waals surface area contributed by atoms with E-state index in [0.29, 0.717) is 32.1 Å². The molecule has 34 heavy (non-hydrogen) atoms. The van der Waals surface area contributed by atoms with Crippen LogP contribution in [0.2, 0.25) is 0 Å². The molecular formula is C24H18Br2N2O5S. The lowest BCUT2D eigenvalue weighted by Gasteiger charge is -2.24. The number of rotatable bonds is 4. The van der Waals surface area contributed by atoms with Gasteiger partial charge in [-0.25, -0.2) is 9.79 Å². The Kier molecular flexibility index (Phi) is 6.22. The highest BCUT2D eigenvalue weighted by molar-refractivity contribution is 9.10. The molecule has 0 radical (unpaired) electrons. The summed E-state index contributed by atoms with van der Waals surface area (Å²) in [6.07, 6.45) is 1.79. The van der Waals surface area contributed by atoms with Crippen molar-refractivity contribution in [3.8, 4) is 11.5 Å². The first kappa shape index (κ1) is 23.1. The normalized spacial score (nSPS) is 16.9. The standard InChI is InChI=1S/C24H18Br2N2O5S/c1-3-31-23(30)20-12(2)27-24-28(21(20)13-4-6-15(25)7-5-13)22(29)19(34-24)9-14-8-17-18(10-16(14)26)33-11-32-17/h4-10,21H,3,11H2,1-2H3/t21-/m1/s1. The highest BCUT2D eigenvalue weighted by Crippen LogP contribution is 2.37. The molecule has 2 aliphatic rings. The molecule has 1 aromatic heterocycles. The number of carbonyl (C=O) groups excluding carboxylic acids is 1. The minimum atomic E-state index is -0.647. The molecule has 0 N–H and O–H groups in total. The third-order valence-corrected chi connectivity index (χ3v) is 7.68. The monoisotopic (exact) mass is 604 g/mol. The molecule has 2 aromatic carbocycles. The third-order valence-electron chi connectivity index (χ3n) is 5.48. The Balaban J connectivity index is 1.71. The van der Waals surface area contributed by atoms with Gasteiger partial charge in [-0.3, -0.25) is 9.36 Å². The zero-order valence-electron chi connectivity index (χ0n) is 18.1. The number of aromatic nitrogens is 1. The Hall–Kier alpha value is -2.69. The molecule has 2 aliphatic heterocycles. The fraction of sp³-hybridized carbons (Fsp3) is 0.208. The number of halogens is 2. The molecule has 0 amide bonds. The first-order valence-electron chi connectivity index (χ1n) is 10.4. The van der Waals surface area contributed by atoms with Crippen LogP contribution in [0, 0.1) is 0 Å². The van der Waals surface area contributed by atoms with E-state index in [2.05, 4.69) is 36.9 Å². The molecule has 174 valence electrons. The van der Waals surface area contributed by atoms with Gasteiger partial charge in [0, 0.05) is 8.95 Å². The molecular weight excluding hydrogens is 588 g/mol. The Bertz CT molecular complexity index is 1520. The van der Waals surface area contributed by atoms with Gasteiger partial charge in [0.15, 0.2) is 16.3 Å². The minimum Gasteiger partial charge on any atom is -0.463 e. The van der Waals surface area contributed by atoms with Gasteiger partial charge in [0.25, 0.3) is 5.56 Å². The van der Waals surface area contributed by atoms with Crippen molar-refractivity contribution in [2.45, 2.75) is 19.9 Å². The molecule has 0 fully saturated rings. The maximum atomic E-state index is 13.7. The highest BCUT2D eigenvalue weighted by Gasteiger charge is 2.33. The van der Waals surface area contributed by atoms with Crippen LogP contribution in [0.3, 0.4) is 0 Å². The van der Waals surface area contributed by atoms with Crippen LogP contribution in [0.1, 0.15) is 31.0 Å². The lowest BCUT2D eigenvalue weighted by atomic mass is 9.96. The number of allylic oxidation sites excluding steroid dienone is 1. The quantitative estimate of drug-likeness (QED) is 0.419. The lowest BCUT2D eigenvalue weighted by Crippen LogP contribution is -2.39. The van der Waals surface area contributed by atoms with E-state index in [-0.39, 0.29) is 19.0 Å². The molecule has 3 aromatic rings. The minimum absolute atomic E-state index is 0.163. The predicted octanol–water partition coefficient (Wildman–Crippen LogP) is 4.05. The van der Waals surface area contributed by atoms with Gasteiger partial charge in [-0.1, -0.05) is 55.3 Å². The molecule has 1 atom stereocenters. The van der Waals surface area contributed by atoms with Crippen molar-refractivity contribution in [2.75, 3.05) is 13.4 Å². The number of hydrogen-bond acceptors (Lipinski definition) is 7. The van der Waals surface area contributed by atoms with Crippen LogP contribution < -0.4 is 24.4 Å². The number of carbonyl (C=O) groups is 1. The van der Waals surface area contributed by atoms with Crippen molar-refractivity contribution >= 4 is 55.2 Å². The first-order valence-corrected chi connectivity index (χ1v) is 12.8. The summed E-state index contributed by atoms with van der Waals surface area (Å²) < 4.78 is 19.9. The van der Waals surface area contributed by atoms with E-state index in [9.17, 15) is 9.59 Å². The summed E-state index contributed by atoms with van der Waals surface area (Å²) in [7, 11) is 0. The molecule has 10 heteroatoms. The van der Waals surface area contributed by atoms with Gasteiger partial charge in [0.1, 0.15) is 0 Å². The fourth-order valence-corrected chi connectivity index (χ4v) is 5.68. The summed E-state index contributed by atoms with van der Waals surface area (Å²) in [5.74, 6) is 0.787. The molecule has 0 saturated heterocycles. The summed E-state index contributed by atoms with van der Waals surface area (Å²) >= 11 is 8.27. The second-order valence-corrected chi connectivity index (χ2v) is 10.4. The summed E-state index contributed by atoms with van der Waals surface area (Å²) in [4.78, 5) is 31.7. The number of ether oxygens (including phenoxy) is 3. The molecule has 0 spiro atoms. The van der Waals surface area contributed by atoms with Gasteiger partial charge in [0.2, 0.25) is 6.79 Å². The van der Waals surface area contributed by atoms with Crippen LogP contribution in [0.25, 0.3) is 6.08 Å². The van der Waals surface area contributed by atoms with Gasteiger partial charge in [-0.2, -0.15) is 0 Å². The number of hydrogen-bond donors (Lipinski definition) is 0. The summed E-state index contributed by atoms with van der Waals surface area (Å²) in [5, 5.41) is 0. The number of benzene rings is 2. The molecule has 3 heterocycles. The molecule has 5 rings (SSSR count). The van der Waals surface area contributed by atoms with E-state index < -0.39 is 12.0 Å². The molecule has 0 bridgehead atoms. The van der Waals surface area contributed by atoms with E-state index in [1.54, 1.807) is 24.5 Å².